The predicted molar refractivity (Wildman–Crippen MR) is 285 cm³/mol. The van der Waals surface area contributed by atoms with Gasteiger partial charge in [-0.25, -0.2) is 4.79 Å². The molecule has 12 heteroatoms. The molecule has 0 bridgehead atoms. The van der Waals surface area contributed by atoms with Gasteiger partial charge >= 0.3 is 23.9 Å². The van der Waals surface area contributed by atoms with E-state index in [1.807, 2.05) is 0 Å². The first-order valence-electron chi connectivity index (χ1n) is 27.9. The van der Waals surface area contributed by atoms with Crippen LogP contribution in [0.4, 0.5) is 0 Å². The summed E-state index contributed by atoms with van der Waals surface area (Å²) < 4.78 is 28.3. The molecular formula is C59H98O12. The Kier molecular flexibility index (Phi) is 43.3. The lowest BCUT2D eigenvalue weighted by atomic mass is 9.98. The minimum atomic E-state index is -1.91. The normalized spacial score (nSPS) is 19.0. The molecule has 0 amide bonds. The topological polar surface area (TPSA) is 175 Å². The second-order valence-corrected chi connectivity index (χ2v) is 18.8. The van der Waals surface area contributed by atoms with Gasteiger partial charge in [-0.2, -0.15) is 0 Å². The molecule has 6 atom stereocenters. The van der Waals surface area contributed by atoms with Crippen molar-refractivity contribution < 1.29 is 58.2 Å². The fraction of sp³-hybridized carbons (Fsp3) is 0.729. The van der Waals surface area contributed by atoms with Crippen molar-refractivity contribution >= 4 is 23.9 Å². The molecule has 0 spiro atoms. The summed E-state index contributed by atoms with van der Waals surface area (Å²) in [7, 11) is 0. The van der Waals surface area contributed by atoms with Gasteiger partial charge in [-0.05, 0) is 89.9 Å². The Morgan fingerprint density at radius 3 is 1.38 bits per heavy atom. The highest BCUT2D eigenvalue weighted by Crippen LogP contribution is 2.26. The molecule has 3 N–H and O–H groups in total. The minimum absolute atomic E-state index is 0.0409. The van der Waals surface area contributed by atoms with Crippen molar-refractivity contribution in [3.05, 3.63) is 72.9 Å². The van der Waals surface area contributed by atoms with Crippen LogP contribution in [0.25, 0.3) is 0 Å². The smallest absolute Gasteiger partial charge is 0.335 e. The molecule has 1 rings (SSSR count). The van der Waals surface area contributed by atoms with Gasteiger partial charge in [0.1, 0.15) is 18.8 Å². The molecular weight excluding hydrogens is 901 g/mol. The molecule has 0 aromatic heterocycles. The Morgan fingerprint density at radius 2 is 0.887 bits per heavy atom. The van der Waals surface area contributed by atoms with E-state index in [-0.39, 0.29) is 25.9 Å². The molecule has 1 saturated heterocycles. The number of allylic oxidation sites excluding steroid dienone is 12. The number of aliphatic hydroxyl groups excluding tert-OH is 2. The fourth-order valence-corrected chi connectivity index (χ4v) is 7.98. The highest BCUT2D eigenvalue weighted by Gasteiger charge is 2.50. The van der Waals surface area contributed by atoms with E-state index >= 15 is 0 Å². The lowest BCUT2D eigenvalue weighted by Crippen LogP contribution is -2.61. The van der Waals surface area contributed by atoms with Crippen molar-refractivity contribution in [1.82, 2.24) is 0 Å². The number of rotatable bonds is 46. The molecule has 12 nitrogen and oxygen atoms in total. The number of carboxylic acid groups (broad SMARTS) is 1. The van der Waals surface area contributed by atoms with Crippen molar-refractivity contribution in [2.24, 2.45) is 0 Å². The summed E-state index contributed by atoms with van der Waals surface area (Å²) in [5.41, 5.74) is 0. The highest BCUT2D eigenvalue weighted by molar-refractivity contribution is 5.74. The third-order valence-corrected chi connectivity index (χ3v) is 12.3. The number of hydrogen-bond donors (Lipinski definition) is 3. The van der Waals surface area contributed by atoms with E-state index in [0.717, 1.165) is 116 Å². The van der Waals surface area contributed by atoms with Crippen molar-refractivity contribution in [2.75, 3.05) is 13.2 Å². The average molecular weight is 999 g/mol. The number of carbonyl (C=O) groups excluding carboxylic acids is 3. The number of ether oxygens (including phenoxy) is 5. The van der Waals surface area contributed by atoms with Crippen LogP contribution in [0.5, 0.6) is 0 Å². The summed E-state index contributed by atoms with van der Waals surface area (Å²) in [6.45, 7) is 5.78. The van der Waals surface area contributed by atoms with Gasteiger partial charge in [0.2, 0.25) is 0 Å². The predicted octanol–water partition coefficient (Wildman–Crippen LogP) is 13.8. The van der Waals surface area contributed by atoms with E-state index in [9.17, 15) is 34.5 Å². The van der Waals surface area contributed by atoms with Gasteiger partial charge in [0, 0.05) is 19.3 Å². The summed E-state index contributed by atoms with van der Waals surface area (Å²) in [6.07, 6.45) is 46.0. The molecule has 0 aliphatic carbocycles. The zero-order valence-electron chi connectivity index (χ0n) is 44.4. The van der Waals surface area contributed by atoms with E-state index in [1.54, 1.807) is 0 Å². The van der Waals surface area contributed by atoms with Crippen molar-refractivity contribution in [2.45, 2.75) is 263 Å². The maximum atomic E-state index is 13.0. The van der Waals surface area contributed by atoms with E-state index in [0.29, 0.717) is 19.3 Å². The van der Waals surface area contributed by atoms with E-state index in [2.05, 4.69) is 93.7 Å². The average Bonchev–Trinajstić information content (AvgIpc) is 3.35. The molecule has 1 fully saturated rings. The molecule has 0 aromatic carbocycles. The summed E-state index contributed by atoms with van der Waals surface area (Å²) in [4.78, 5) is 50.9. The van der Waals surface area contributed by atoms with E-state index < -0.39 is 67.3 Å². The van der Waals surface area contributed by atoms with Gasteiger partial charge in [0.05, 0.1) is 6.61 Å². The fourth-order valence-electron chi connectivity index (χ4n) is 7.98. The van der Waals surface area contributed by atoms with Crippen LogP contribution in [0.2, 0.25) is 0 Å². The molecule has 6 unspecified atom stereocenters. The SMILES string of the molecule is CC/C=C\C/C=C\C/C=C\C/C=C\CCCCCCC(=O)OCC(COC1OC(C(=O)O)C(O)C(O)C1OC(=O)CCCCCCC/C=C\C/C=C\CCCCC)OC(=O)CCCCCCCCCCC. The Labute approximate surface area is 429 Å². The molecule has 0 radical (unpaired) electrons. The number of hydrogen-bond acceptors (Lipinski definition) is 11. The number of aliphatic hydroxyl groups is 2. The lowest BCUT2D eigenvalue weighted by molar-refractivity contribution is -0.301. The largest absolute Gasteiger partial charge is 0.479 e. The Hall–Kier alpha value is -3.84. The molecule has 1 aliphatic heterocycles. The van der Waals surface area contributed by atoms with Gasteiger partial charge < -0.3 is 39.0 Å². The first-order chi connectivity index (χ1) is 34.6. The highest BCUT2D eigenvalue weighted by atomic mass is 16.7. The van der Waals surface area contributed by atoms with Gasteiger partial charge in [0.25, 0.3) is 0 Å². The van der Waals surface area contributed by atoms with Crippen molar-refractivity contribution in [3.8, 4) is 0 Å². The Balaban J connectivity index is 2.70. The molecule has 0 saturated carbocycles. The van der Waals surface area contributed by atoms with Crippen molar-refractivity contribution in [3.63, 3.8) is 0 Å². The van der Waals surface area contributed by atoms with Gasteiger partial charge in [-0.15, -0.1) is 0 Å². The number of unbranched alkanes of at least 4 members (excludes halogenated alkanes) is 20. The van der Waals surface area contributed by atoms with Crippen LogP contribution in [-0.2, 0) is 42.9 Å². The number of carboxylic acids is 1. The molecule has 1 aliphatic rings. The van der Waals surface area contributed by atoms with Gasteiger partial charge in [-0.1, -0.05) is 190 Å². The van der Waals surface area contributed by atoms with Crippen LogP contribution in [0.15, 0.2) is 72.9 Å². The number of aliphatic carboxylic acids is 1. The van der Waals surface area contributed by atoms with Crippen LogP contribution < -0.4 is 0 Å². The van der Waals surface area contributed by atoms with E-state index in [1.165, 1.54) is 51.4 Å². The molecule has 1 heterocycles. The zero-order chi connectivity index (χ0) is 51.8. The Morgan fingerprint density at radius 1 is 0.479 bits per heavy atom. The monoisotopic (exact) mass is 999 g/mol. The van der Waals surface area contributed by atoms with Crippen LogP contribution >= 0.6 is 0 Å². The minimum Gasteiger partial charge on any atom is -0.479 e. The van der Waals surface area contributed by atoms with Crippen LogP contribution in [0.1, 0.15) is 226 Å². The quantitative estimate of drug-likeness (QED) is 0.0228. The van der Waals surface area contributed by atoms with Crippen LogP contribution in [-0.4, -0.2) is 89.2 Å². The summed E-state index contributed by atoms with van der Waals surface area (Å²) in [5, 5.41) is 31.4. The standard InChI is InChI=1S/C59H98O12/c1-4-7-10-13-16-19-21-23-25-26-28-29-31-34-36-39-42-45-51(60)67-48-50(69-52(61)46-43-40-37-33-18-15-12-9-6-3)49-68-59-57(55(64)54(63)56(71-59)58(65)66)70-53(62)47-44-41-38-35-32-30-27-24-22-20-17-14-11-8-5-2/h7,10,16-17,19-20,23-25,27-29,50,54-57,59,63-64H,4-6,8-9,11-15,18,21-22,26,30-49H2,1-3H3,(H,65,66)/b10-7-,19-16-,20-17-,25-23-,27-24-,29-28-. The summed E-state index contributed by atoms with van der Waals surface area (Å²) in [5.74, 6) is -3.17. The van der Waals surface area contributed by atoms with Crippen LogP contribution in [0, 0.1) is 0 Å². The number of esters is 3. The van der Waals surface area contributed by atoms with Gasteiger partial charge in [0.15, 0.2) is 24.6 Å². The summed E-state index contributed by atoms with van der Waals surface area (Å²) >= 11 is 0. The molecule has 71 heavy (non-hydrogen) atoms. The van der Waals surface area contributed by atoms with Crippen molar-refractivity contribution in [1.29, 1.82) is 0 Å². The maximum Gasteiger partial charge on any atom is 0.335 e. The van der Waals surface area contributed by atoms with Gasteiger partial charge in [-0.3, -0.25) is 14.4 Å². The zero-order valence-corrected chi connectivity index (χ0v) is 44.4. The lowest BCUT2D eigenvalue weighted by Gasteiger charge is -2.40. The third kappa shape index (κ3) is 37.6. The maximum absolute atomic E-state index is 13.0. The Bertz CT molecular complexity index is 1510. The second kappa shape index (κ2) is 47.2. The summed E-state index contributed by atoms with van der Waals surface area (Å²) in [6, 6.07) is 0. The number of carbonyl (C=O) groups is 4. The second-order valence-electron chi connectivity index (χ2n) is 18.8. The first kappa shape index (κ1) is 65.2. The van der Waals surface area contributed by atoms with E-state index in [4.69, 9.17) is 23.7 Å². The molecule has 0 aromatic rings. The first-order valence-corrected chi connectivity index (χ1v) is 27.9. The molecule has 406 valence electrons. The van der Waals surface area contributed by atoms with Crippen LogP contribution in [0.3, 0.4) is 0 Å². The third-order valence-electron chi connectivity index (χ3n) is 12.3.